The third-order valence-corrected chi connectivity index (χ3v) is 5.03. The van der Waals surface area contributed by atoms with Gasteiger partial charge in [-0.3, -0.25) is 4.79 Å². The Labute approximate surface area is 191 Å². The second-order valence-electron chi connectivity index (χ2n) is 7.08. The summed E-state index contributed by atoms with van der Waals surface area (Å²) in [6, 6.07) is 15.7. The number of benzene rings is 3. The lowest BCUT2D eigenvalue weighted by Crippen LogP contribution is -2.16. The van der Waals surface area contributed by atoms with Crippen LogP contribution in [0.2, 0.25) is 0 Å². The number of alkyl halides is 3. The van der Waals surface area contributed by atoms with E-state index in [2.05, 4.69) is 0 Å². The van der Waals surface area contributed by atoms with Crippen molar-refractivity contribution in [2.75, 3.05) is 14.2 Å². The van der Waals surface area contributed by atoms with Gasteiger partial charge in [-0.2, -0.15) is 13.2 Å². The molecule has 0 fully saturated rings. The van der Waals surface area contributed by atoms with E-state index in [-0.39, 0.29) is 39.3 Å². The number of fused-ring (bicyclic) bond motifs is 1. The van der Waals surface area contributed by atoms with Gasteiger partial charge in [-0.05, 0) is 29.8 Å². The number of carbonyl (C=O) groups excluding carboxylic acids is 1. The Morgan fingerprint density at radius 2 is 1.53 bits per heavy atom. The molecule has 174 valence electrons. The zero-order valence-corrected chi connectivity index (χ0v) is 17.9. The zero-order valence-electron chi connectivity index (χ0n) is 17.9. The SMILES string of the molecule is COc1cccc(OC)c1C(=O)Oc1ccc2c(=O)c(-c3ccccc3)c(C(F)(F)F)oc2c1. The summed E-state index contributed by atoms with van der Waals surface area (Å²) < 4.78 is 62.2. The lowest BCUT2D eigenvalue weighted by molar-refractivity contribution is -0.152. The Balaban J connectivity index is 1.82. The maximum atomic E-state index is 13.8. The first-order valence-electron chi connectivity index (χ1n) is 9.91. The van der Waals surface area contributed by atoms with Crippen LogP contribution in [0.15, 0.2) is 75.9 Å². The molecule has 0 aliphatic rings. The van der Waals surface area contributed by atoms with Crippen LogP contribution >= 0.6 is 0 Å². The summed E-state index contributed by atoms with van der Waals surface area (Å²) in [6.45, 7) is 0. The molecule has 0 unspecified atom stereocenters. The van der Waals surface area contributed by atoms with Gasteiger partial charge < -0.3 is 18.6 Å². The third kappa shape index (κ3) is 4.19. The summed E-state index contributed by atoms with van der Waals surface area (Å²) in [4.78, 5) is 25.8. The molecule has 0 saturated heterocycles. The van der Waals surface area contributed by atoms with Crippen LogP contribution in [-0.2, 0) is 6.18 Å². The number of ether oxygens (including phenoxy) is 3. The van der Waals surface area contributed by atoms with Crippen molar-refractivity contribution < 1.29 is 36.6 Å². The normalized spacial score (nSPS) is 11.3. The zero-order chi connectivity index (χ0) is 24.5. The predicted octanol–water partition coefficient (Wildman–Crippen LogP) is 5.72. The molecule has 1 aromatic heterocycles. The molecular weight excluding hydrogens is 453 g/mol. The fourth-order valence-electron chi connectivity index (χ4n) is 3.51. The van der Waals surface area contributed by atoms with Crippen LogP contribution in [0.1, 0.15) is 16.1 Å². The molecule has 34 heavy (non-hydrogen) atoms. The van der Waals surface area contributed by atoms with Crippen molar-refractivity contribution in [3.63, 3.8) is 0 Å². The van der Waals surface area contributed by atoms with Crippen molar-refractivity contribution in [3.8, 4) is 28.4 Å². The first kappa shape index (κ1) is 22.9. The minimum atomic E-state index is -4.93. The molecule has 0 atom stereocenters. The van der Waals surface area contributed by atoms with Crippen LogP contribution < -0.4 is 19.6 Å². The van der Waals surface area contributed by atoms with E-state index < -0.39 is 28.9 Å². The molecule has 0 aliphatic heterocycles. The van der Waals surface area contributed by atoms with E-state index in [9.17, 15) is 22.8 Å². The monoisotopic (exact) mass is 470 g/mol. The van der Waals surface area contributed by atoms with Crippen LogP contribution in [0.4, 0.5) is 13.2 Å². The Hall–Kier alpha value is -4.27. The van der Waals surface area contributed by atoms with Crippen molar-refractivity contribution >= 4 is 16.9 Å². The van der Waals surface area contributed by atoms with E-state index in [0.29, 0.717) is 0 Å². The second-order valence-corrected chi connectivity index (χ2v) is 7.08. The predicted molar refractivity (Wildman–Crippen MR) is 117 cm³/mol. The highest BCUT2D eigenvalue weighted by atomic mass is 19.4. The number of carbonyl (C=O) groups is 1. The lowest BCUT2D eigenvalue weighted by atomic mass is 10.0. The van der Waals surface area contributed by atoms with Crippen molar-refractivity contribution in [2.24, 2.45) is 0 Å². The number of esters is 1. The maximum absolute atomic E-state index is 13.8. The van der Waals surface area contributed by atoms with E-state index in [1.807, 2.05) is 0 Å². The first-order valence-corrected chi connectivity index (χ1v) is 9.91. The molecule has 3 aromatic carbocycles. The topological polar surface area (TPSA) is 75.0 Å². The summed E-state index contributed by atoms with van der Waals surface area (Å²) in [6.07, 6.45) is -4.93. The van der Waals surface area contributed by atoms with Gasteiger partial charge in [0, 0.05) is 6.07 Å². The van der Waals surface area contributed by atoms with Crippen LogP contribution in [0.25, 0.3) is 22.1 Å². The van der Waals surface area contributed by atoms with Gasteiger partial charge in [-0.25, -0.2) is 4.79 Å². The quantitative estimate of drug-likeness (QED) is 0.275. The molecule has 0 amide bonds. The highest BCUT2D eigenvalue weighted by Crippen LogP contribution is 2.38. The third-order valence-electron chi connectivity index (χ3n) is 5.03. The molecule has 0 spiro atoms. The molecule has 0 saturated carbocycles. The van der Waals surface area contributed by atoms with Crippen LogP contribution in [0, 0.1) is 0 Å². The molecule has 0 bridgehead atoms. The van der Waals surface area contributed by atoms with E-state index in [0.717, 1.165) is 6.07 Å². The van der Waals surface area contributed by atoms with Crippen molar-refractivity contribution in [1.29, 1.82) is 0 Å². The minimum Gasteiger partial charge on any atom is -0.496 e. The average molecular weight is 470 g/mol. The maximum Gasteiger partial charge on any atom is 0.450 e. The van der Waals surface area contributed by atoms with Crippen molar-refractivity contribution in [2.45, 2.75) is 6.18 Å². The first-order chi connectivity index (χ1) is 16.2. The summed E-state index contributed by atoms with van der Waals surface area (Å²) >= 11 is 0. The standard InChI is InChI=1S/C25H17F3O6/c1-31-17-9-6-10-18(32-2)21(17)24(30)33-15-11-12-16-19(13-15)34-23(25(26,27)28)20(22(16)29)14-7-4-3-5-8-14/h3-13H,1-2H3. The van der Waals surface area contributed by atoms with Crippen LogP contribution in [0.3, 0.4) is 0 Å². The fourth-order valence-corrected chi connectivity index (χ4v) is 3.51. The molecular formula is C25H17F3O6. The number of hydrogen-bond acceptors (Lipinski definition) is 6. The lowest BCUT2D eigenvalue weighted by Gasteiger charge is -2.14. The van der Waals surface area contributed by atoms with Crippen molar-refractivity contribution in [3.05, 3.63) is 88.3 Å². The highest BCUT2D eigenvalue weighted by Gasteiger charge is 2.39. The van der Waals surface area contributed by atoms with E-state index >= 15 is 0 Å². The Morgan fingerprint density at radius 1 is 0.882 bits per heavy atom. The number of hydrogen-bond donors (Lipinski definition) is 0. The Bertz CT molecular complexity index is 1400. The number of methoxy groups -OCH3 is 2. The Morgan fingerprint density at radius 3 is 2.12 bits per heavy atom. The Kier molecular flexibility index (Phi) is 6.02. The van der Waals surface area contributed by atoms with E-state index in [1.54, 1.807) is 12.1 Å². The number of rotatable bonds is 5. The summed E-state index contributed by atoms with van der Waals surface area (Å²) in [5.74, 6) is -2.07. The molecule has 1 heterocycles. The van der Waals surface area contributed by atoms with Gasteiger partial charge in [0.2, 0.25) is 11.2 Å². The van der Waals surface area contributed by atoms with Gasteiger partial charge in [-0.1, -0.05) is 36.4 Å². The average Bonchev–Trinajstić information content (AvgIpc) is 2.83. The van der Waals surface area contributed by atoms with Crippen LogP contribution in [-0.4, -0.2) is 20.2 Å². The van der Waals surface area contributed by atoms with Gasteiger partial charge in [-0.15, -0.1) is 0 Å². The van der Waals surface area contributed by atoms with Gasteiger partial charge in [0.25, 0.3) is 0 Å². The van der Waals surface area contributed by atoms with E-state index in [4.69, 9.17) is 18.6 Å². The molecule has 6 nitrogen and oxygen atoms in total. The van der Waals surface area contributed by atoms with Gasteiger partial charge in [0.15, 0.2) is 0 Å². The summed E-state index contributed by atoms with van der Waals surface area (Å²) in [5.41, 5.74) is -1.77. The molecule has 4 rings (SSSR count). The van der Waals surface area contributed by atoms with Crippen LogP contribution in [0.5, 0.6) is 17.2 Å². The molecule has 4 aromatic rings. The minimum absolute atomic E-state index is 0.00976. The van der Waals surface area contributed by atoms with Gasteiger partial charge in [0.05, 0.1) is 25.2 Å². The highest BCUT2D eigenvalue weighted by molar-refractivity contribution is 5.97. The molecule has 0 radical (unpaired) electrons. The van der Waals surface area contributed by atoms with Gasteiger partial charge >= 0.3 is 12.1 Å². The summed E-state index contributed by atoms with van der Waals surface area (Å²) in [7, 11) is 2.72. The fraction of sp³-hybridized carbons (Fsp3) is 0.120. The summed E-state index contributed by atoms with van der Waals surface area (Å²) in [5, 5.41) is -0.0958. The largest absolute Gasteiger partial charge is 0.496 e. The second kappa shape index (κ2) is 8.93. The number of halogens is 3. The van der Waals surface area contributed by atoms with Crippen molar-refractivity contribution in [1.82, 2.24) is 0 Å². The van der Waals surface area contributed by atoms with Gasteiger partial charge in [0.1, 0.15) is 28.4 Å². The molecule has 9 heteroatoms. The van der Waals surface area contributed by atoms with E-state index in [1.165, 1.54) is 62.8 Å². The smallest absolute Gasteiger partial charge is 0.450 e. The molecule has 0 aliphatic carbocycles. The molecule has 0 N–H and O–H groups in total.